The van der Waals surface area contributed by atoms with Crippen LogP contribution in [0.4, 0.5) is 0 Å². The fraction of sp³-hybridized carbons (Fsp3) is 0. The van der Waals surface area contributed by atoms with Gasteiger partial charge in [-0.25, -0.2) is 23.1 Å². The number of imidazole rings is 1. The molecule has 0 saturated carbocycles. The minimum atomic E-state index is -3.85. The summed E-state index contributed by atoms with van der Waals surface area (Å²) in [6.07, 6.45) is 1.64. The summed E-state index contributed by atoms with van der Waals surface area (Å²) in [5, 5.41) is 9.08. The molecule has 0 aliphatic heterocycles. The highest BCUT2D eigenvalue weighted by molar-refractivity contribution is 9.10. The number of para-hydroxylation sites is 2. The Morgan fingerprint density at radius 3 is 2.46 bits per heavy atom. The number of ether oxygens (including phenoxy) is 1. The van der Waals surface area contributed by atoms with Gasteiger partial charge >= 0.3 is 0 Å². The van der Waals surface area contributed by atoms with Crippen LogP contribution in [0.15, 0.2) is 63.5 Å². The molecule has 2 N–H and O–H groups in total. The topological polar surface area (TPSA) is 99.6 Å². The summed E-state index contributed by atoms with van der Waals surface area (Å²) in [6.45, 7) is 0. The van der Waals surface area contributed by atoms with Gasteiger partial charge in [0.1, 0.15) is 11.5 Å². The summed E-state index contributed by atoms with van der Waals surface area (Å²) in [5.41, 5.74) is 1.38. The van der Waals surface area contributed by atoms with Crippen LogP contribution in [0.3, 0.4) is 0 Å². The van der Waals surface area contributed by atoms with E-state index >= 15 is 0 Å². The molecule has 10 heteroatoms. The Labute approximate surface area is 161 Å². The van der Waals surface area contributed by atoms with Crippen LogP contribution < -0.4 is 9.88 Å². The van der Waals surface area contributed by atoms with Gasteiger partial charge < -0.3 is 4.74 Å². The Kier molecular flexibility index (Phi) is 4.27. The molecule has 0 aliphatic rings. The third kappa shape index (κ3) is 3.23. The van der Waals surface area contributed by atoms with Crippen LogP contribution in [0.25, 0.3) is 16.2 Å². The number of nitrogens with two attached hydrogens (primary N) is 1. The van der Waals surface area contributed by atoms with E-state index in [1.165, 1.54) is 4.52 Å². The van der Waals surface area contributed by atoms with Gasteiger partial charge in [0.05, 0.1) is 16.4 Å². The molecule has 0 unspecified atom stereocenters. The molecule has 2 heterocycles. The summed E-state index contributed by atoms with van der Waals surface area (Å²) in [5.74, 6) is 1.30. The first kappa shape index (κ1) is 17.2. The normalized spacial score (nSPS) is 11.8. The van der Waals surface area contributed by atoms with E-state index in [2.05, 4.69) is 26.0 Å². The number of halogens is 1. The lowest BCUT2D eigenvalue weighted by molar-refractivity contribution is 0.481. The molecule has 0 bridgehead atoms. The van der Waals surface area contributed by atoms with Gasteiger partial charge in [-0.15, -0.1) is 5.10 Å². The molecule has 0 amide bonds. The van der Waals surface area contributed by atoms with Crippen LogP contribution in [0, 0.1) is 0 Å². The molecule has 0 radical (unpaired) electrons. The molecular formula is C16H11BrN4O3S2. The molecular weight excluding hydrogens is 440 g/mol. The van der Waals surface area contributed by atoms with Gasteiger partial charge in [-0.1, -0.05) is 35.6 Å². The van der Waals surface area contributed by atoms with Gasteiger partial charge in [-0.3, -0.25) is 0 Å². The number of aromatic nitrogens is 3. The van der Waals surface area contributed by atoms with Gasteiger partial charge in [-0.2, -0.15) is 0 Å². The van der Waals surface area contributed by atoms with Crippen LogP contribution in [-0.4, -0.2) is 23.0 Å². The first-order valence-corrected chi connectivity index (χ1v) is 10.5. The Bertz CT molecular complexity index is 1190. The third-order valence-corrected chi connectivity index (χ3v) is 6.38. The summed E-state index contributed by atoms with van der Waals surface area (Å²) < 4.78 is 30.9. The van der Waals surface area contributed by atoms with E-state index in [0.29, 0.717) is 22.2 Å². The SMILES string of the molecule is NS(=O)(=O)c1nn2cc(-c3ccccc3Oc3ccccc3Br)nc2s1. The highest BCUT2D eigenvalue weighted by Gasteiger charge is 2.18. The van der Waals surface area contributed by atoms with Crippen molar-refractivity contribution in [2.75, 3.05) is 0 Å². The molecule has 26 heavy (non-hydrogen) atoms. The maximum Gasteiger partial charge on any atom is 0.267 e. The molecule has 0 saturated heterocycles. The zero-order valence-corrected chi connectivity index (χ0v) is 16.3. The van der Waals surface area contributed by atoms with Crippen molar-refractivity contribution in [3.8, 4) is 22.8 Å². The molecule has 0 atom stereocenters. The molecule has 0 fully saturated rings. The second-order valence-electron chi connectivity index (χ2n) is 5.29. The molecule has 0 spiro atoms. The van der Waals surface area contributed by atoms with E-state index in [9.17, 15) is 8.42 Å². The Morgan fingerprint density at radius 2 is 1.77 bits per heavy atom. The number of sulfonamides is 1. The monoisotopic (exact) mass is 450 g/mol. The smallest absolute Gasteiger partial charge is 0.267 e. The lowest BCUT2D eigenvalue weighted by atomic mass is 10.1. The number of benzene rings is 2. The molecule has 7 nitrogen and oxygen atoms in total. The van der Waals surface area contributed by atoms with E-state index in [-0.39, 0.29) is 4.34 Å². The van der Waals surface area contributed by atoms with E-state index in [0.717, 1.165) is 21.4 Å². The van der Waals surface area contributed by atoms with Crippen molar-refractivity contribution in [3.63, 3.8) is 0 Å². The minimum Gasteiger partial charge on any atom is -0.455 e. The van der Waals surface area contributed by atoms with Crippen molar-refractivity contribution in [1.82, 2.24) is 14.6 Å². The maximum absolute atomic E-state index is 11.4. The average molecular weight is 451 g/mol. The fourth-order valence-corrected chi connectivity index (χ4v) is 4.21. The summed E-state index contributed by atoms with van der Waals surface area (Å²) >= 11 is 4.37. The minimum absolute atomic E-state index is 0.177. The zero-order valence-electron chi connectivity index (χ0n) is 13.0. The van der Waals surface area contributed by atoms with Gasteiger partial charge in [0.2, 0.25) is 9.30 Å². The van der Waals surface area contributed by atoms with Crippen molar-refractivity contribution < 1.29 is 13.2 Å². The number of fused-ring (bicyclic) bond motifs is 1. The van der Waals surface area contributed by atoms with Crippen molar-refractivity contribution in [1.29, 1.82) is 0 Å². The van der Waals surface area contributed by atoms with Crippen molar-refractivity contribution in [2.24, 2.45) is 5.14 Å². The third-order valence-electron chi connectivity index (χ3n) is 3.49. The largest absolute Gasteiger partial charge is 0.455 e. The van der Waals surface area contributed by atoms with Crippen molar-refractivity contribution in [3.05, 3.63) is 59.2 Å². The van der Waals surface area contributed by atoms with E-state index in [4.69, 9.17) is 9.88 Å². The van der Waals surface area contributed by atoms with Gasteiger partial charge in [-0.05, 0) is 40.2 Å². The van der Waals surface area contributed by atoms with Crippen molar-refractivity contribution >= 4 is 42.3 Å². The summed E-state index contributed by atoms with van der Waals surface area (Å²) in [4.78, 5) is 4.88. The number of nitrogens with zero attached hydrogens (tertiary/aromatic N) is 3. The Balaban J connectivity index is 1.75. The first-order valence-electron chi connectivity index (χ1n) is 7.32. The average Bonchev–Trinajstić information content (AvgIpc) is 3.16. The van der Waals surface area contributed by atoms with E-state index in [1.54, 1.807) is 6.20 Å². The Morgan fingerprint density at radius 1 is 1.08 bits per heavy atom. The maximum atomic E-state index is 11.4. The zero-order chi connectivity index (χ0) is 18.3. The van der Waals surface area contributed by atoms with Crippen LogP contribution in [-0.2, 0) is 10.0 Å². The highest BCUT2D eigenvalue weighted by Crippen LogP contribution is 2.36. The number of primary sulfonamides is 1. The summed E-state index contributed by atoms with van der Waals surface area (Å²) in [7, 11) is -3.85. The van der Waals surface area contributed by atoms with E-state index in [1.807, 2.05) is 48.5 Å². The number of hydrogen-bond acceptors (Lipinski definition) is 6. The van der Waals surface area contributed by atoms with Crippen LogP contribution >= 0.6 is 27.3 Å². The fourth-order valence-electron chi connectivity index (χ4n) is 2.34. The van der Waals surface area contributed by atoms with Crippen LogP contribution in [0.1, 0.15) is 0 Å². The quantitative estimate of drug-likeness (QED) is 0.511. The van der Waals surface area contributed by atoms with Gasteiger partial charge in [0.15, 0.2) is 0 Å². The molecule has 132 valence electrons. The first-order chi connectivity index (χ1) is 12.4. The predicted molar refractivity (Wildman–Crippen MR) is 102 cm³/mol. The molecule has 2 aromatic heterocycles. The molecule has 4 rings (SSSR count). The standard InChI is InChI=1S/C16H11BrN4O3S2/c17-11-6-2-4-8-14(11)24-13-7-3-1-5-10(13)12-9-21-15(19-12)25-16(20-21)26(18,22)23/h1-9H,(H2,18,22,23). The second-order valence-corrected chi connectivity index (χ2v) is 8.84. The molecule has 0 aliphatic carbocycles. The lowest BCUT2D eigenvalue weighted by Crippen LogP contribution is -2.12. The van der Waals surface area contributed by atoms with E-state index < -0.39 is 10.0 Å². The number of rotatable bonds is 4. The van der Waals surface area contributed by atoms with Gasteiger partial charge in [0.25, 0.3) is 10.0 Å². The summed E-state index contributed by atoms with van der Waals surface area (Å²) in [6, 6.07) is 15.0. The van der Waals surface area contributed by atoms with Crippen LogP contribution in [0.2, 0.25) is 0 Å². The lowest BCUT2D eigenvalue weighted by Gasteiger charge is -2.10. The highest BCUT2D eigenvalue weighted by atomic mass is 79.9. The van der Waals surface area contributed by atoms with Crippen LogP contribution in [0.5, 0.6) is 11.5 Å². The molecule has 4 aromatic rings. The Hall–Kier alpha value is -2.27. The van der Waals surface area contributed by atoms with Crippen molar-refractivity contribution in [2.45, 2.75) is 4.34 Å². The number of hydrogen-bond donors (Lipinski definition) is 1. The second kappa shape index (κ2) is 6.47. The van der Waals surface area contributed by atoms with Gasteiger partial charge in [0, 0.05) is 5.56 Å². The predicted octanol–water partition coefficient (Wildman–Crippen LogP) is 3.66. The molecule has 2 aromatic carbocycles.